The van der Waals surface area contributed by atoms with Crippen molar-refractivity contribution in [3.63, 3.8) is 0 Å². The van der Waals surface area contributed by atoms with Gasteiger partial charge in [0.05, 0.1) is 6.04 Å². The minimum atomic E-state index is -0.587. The molecule has 2 heterocycles. The third-order valence-corrected chi connectivity index (χ3v) is 5.20. The van der Waals surface area contributed by atoms with Crippen molar-refractivity contribution < 1.29 is 24.3 Å². The van der Waals surface area contributed by atoms with Crippen LogP contribution in [0.1, 0.15) is 42.6 Å². The number of nitrogens with zero attached hydrogens (tertiary/aromatic N) is 1. The van der Waals surface area contributed by atoms with Crippen LogP contribution in [-0.2, 0) is 16.1 Å². The lowest BCUT2D eigenvalue weighted by atomic mass is 9.95. The van der Waals surface area contributed by atoms with E-state index in [1.165, 1.54) is 0 Å². The zero-order valence-corrected chi connectivity index (χ0v) is 15.2. The molecular weight excluding hydrogens is 336 g/mol. The Hall–Kier alpha value is -2.12. The van der Waals surface area contributed by atoms with Gasteiger partial charge in [0.25, 0.3) is 5.91 Å². The van der Waals surface area contributed by atoms with Gasteiger partial charge in [0.1, 0.15) is 12.4 Å². The molecule has 0 unspecified atom stereocenters. The number of hydrogen-bond acceptors (Lipinski definition) is 5. The van der Waals surface area contributed by atoms with Crippen molar-refractivity contribution in [3.8, 4) is 5.75 Å². The number of fused-ring (bicyclic) bond motifs is 1. The molecule has 26 heavy (non-hydrogen) atoms. The summed E-state index contributed by atoms with van der Waals surface area (Å²) in [7, 11) is 0. The quantitative estimate of drug-likeness (QED) is 0.634. The van der Waals surface area contributed by atoms with Gasteiger partial charge in [-0.15, -0.1) is 0 Å². The first kappa shape index (κ1) is 18.7. The van der Waals surface area contributed by atoms with Crippen LogP contribution in [0.5, 0.6) is 5.75 Å². The van der Waals surface area contributed by atoms with Crippen molar-refractivity contribution in [1.82, 2.24) is 10.4 Å². The van der Waals surface area contributed by atoms with Gasteiger partial charge in [0.2, 0.25) is 5.91 Å². The molecular formula is C19H26N2O5. The van der Waals surface area contributed by atoms with Gasteiger partial charge < -0.3 is 14.4 Å². The highest BCUT2D eigenvalue weighted by atomic mass is 16.5. The zero-order valence-electron chi connectivity index (χ0n) is 15.2. The summed E-state index contributed by atoms with van der Waals surface area (Å²) in [6, 6.07) is 4.99. The maximum absolute atomic E-state index is 13.2. The number of hydroxylamine groups is 1. The van der Waals surface area contributed by atoms with Crippen LogP contribution >= 0.6 is 0 Å². The van der Waals surface area contributed by atoms with E-state index in [2.05, 4.69) is 13.8 Å². The highest BCUT2D eigenvalue weighted by Crippen LogP contribution is 2.31. The van der Waals surface area contributed by atoms with Gasteiger partial charge >= 0.3 is 0 Å². The fraction of sp³-hybridized carbons (Fsp3) is 0.579. The molecule has 2 aliphatic heterocycles. The Balaban J connectivity index is 1.87. The van der Waals surface area contributed by atoms with E-state index in [9.17, 15) is 9.59 Å². The maximum atomic E-state index is 13.2. The number of rotatable bonds is 3. The standard InChI is InChI=1S/C19H26N2O5/c1-12(2)16-11-26-17-9-14(18(22)20-24)3-4-15(17)10-21(16)19(23)13-5-7-25-8-6-13/h3-4,9,12-13,16,24H,5-8,10-11H2,1-2H3,(H,20,22)/t16-/m1/s1. The fourth-order valence-corrected chi connectivity index (χ4v) is 3.56. The van der Waals surface area contributed by atoms with Crippen molar-refractivity contribution in [2.75, 3.05) is 19.8 Å². The first-order valence-electron chi connectivity index (χ1n) is 9.09. The molecule has 2 amide bonds. The van der Waals surface area contributed by atoms with E-state index in [-0.39, 0.29) is 23.8 Å². The number of amides is 2. The zero-order chi connectivity index (χ0) is 18.7. The number of nitrogens with one attached hydrogen (secondary N) is 1. The summed E-state index contributed by atoms with van der Waals surface area (Å²) < 4.78 is 11.3. The van der Waals surface area contributed by atoms with Crippen LogP contribution in [0.25, 0.3) is 0 Å². The molecule has 7 nitrogen and oxygen atoms in total. The molecule has 0 spiro atoms. The number of hydrogen-bond donors (Lipinski definition) is 2. The van der Waals surface area contributed by atoms with Gasteiger partial charge in [-0.1, -0.05) is 19.9 Å². The third-order valence-electron chi connectivity index (χ3n) is 5.20. The van der Waals surface area contributed by atoms with Gasteiger partial charge in [-0.05, 0) is 30.9 Å². The molecule has 0 radical (unpaired) electrons. The lowest BCUT2D eigenvalue weighted by molar-refractivity contribution is -0.143. The Kier molecular flexibility index (Phi) is 5.78. The second-order valence-electron chi connectivity index (χ2n) is 7.24. The van der Waals surface area contributed by atoms with Gasteiger partial charge in [-0.2, -0.15) is 0 Å². The Morgan fingerprint density at radius 1 is 1.27 bits per heavy atom. The Labute approximate surface area is 153 Å². The monoisotopic (exact) mass is 362 g/mol. The lowest BCUT2D eigenvalue weighted by Crippen LogP contribution is -2.48. The average molecular weight is 362 g/mol. The summed E-state index contributed by atoms with van der Waals surface area (Å²) in [5.41, 5.74) is 2.81. The van der Waals surface area contributed by atoms with Crippen molar-refractivity contribution in [1.29, 1.82) is 0 Å². The Bertz CT molecular complexity index is 670. The molecule has 142 valence electrons. The van der Waals surface area contributed by atoms with E-state index in [0.717, 1.165) is 18.4 Å². The predicted molar refractivity (Wildman–Crippen MR) is 93.9 cm³/mol. The Morgan fingerprint density at radius 3 is 2.65 bits per heavy atom. The van der Waals surface area contributed by atoms with Crippen LogP contribution in [0, 0.1) is 11.8 Å². The Morgan fingerprint density at radius 2 is 2.00 bits per heavy atom. The van der Waals surface area contributed by atoms with Crippen LogP contribution < -0.4 is 10.2 Å². The third kappa shape index (κ3) is 3.83. The summed E-state index contributed by atoms with van der Waals surface area (Å²) in [6.07, 6.45) is 1.51. The molecule has 1 atom stereocenters. The van der Waals surface area contributed by atoms with Crippen molar-refractivity contribution >= 4 is 11.8 Å². The van der Waals surface area contributed by atoms with Crippen LogP contribution in [0.3, 0.4) is 0 Å². The van der Waals surface area contributed by atoms with E-state index >= 15 is 0 Å². The van der Waals surface area contributed by atoms with Crippen LogP contribution in [0.15, 0.2) is 18.2 Å². The SMILES string of the molecule is CC(C)[C@H]1COc2cc(C(=O)NO)ccc2CN1C(=O)C1CCOCC1. The first-order chi connectivity index (χ1) is 12.5. The largest absolute Gasteiger partial charge is 0.491 e. The highest BCUT2D eigenvalue weighted by molar-refractivity contribution is 5.93. The molecule has 0 aliphatic carbocycles. The normalized spacial score (nSPS) is 20.9. The van der Waals surface area contributed by atoms with Crippen LogP contribution in [0.4, 0.5) is 0 Å². The summed E-state index contributed by atoms with van der Waals surface area (Å²) in [5.74, 6) is 0.384. The van der Waals surface area contributed by atoms with Crippen molar-refractivity contribution in [2.45, 2.75) is 39.3 Å². The van der Waals surface area contributed by atoms with Gasteiger partial charge in [-0.3, -0.25) is 14.8 Å². The van der Waals surface area contributed by atoms with Crippen LogP contribution in [-0.4, -0.2) is 47.8 Å². The molecule has 0 saturated carbocycles. The number of carbonyl (C=O) groups excluding carboxylic acids is 2. The molecule has 1 saturated heterocycles. The minimum absolute atomic E-state index is 0.00834. The molecule has 2 aliphatic rings. The minimum Gasteiger partial charge on any atom is -0.491 e. The van der Waals surface area contributed by atoms with E-state index in [4.69, 9.17) is 14.7 Å². The molecule has 7 heteroatoms. The summed E-state index contributed by atoms with van der Waals surface area (Å²) in [6.45, 7) is 6.25. The second kappa shape index (κ2) is 8.05. The van der Waals surface area contributed by atoms with E-state index in [1.54, 1.807) is 23.7 Å². The fourth-order valence-electron chi connectivity index (χ4n) is 3.56. The number of benzene rings is 1. The van der Waals surface area contributed by atoms with Gasteiger partial charge in [0, 0.05) is 36.8 Å². The van der Waals surface area contributed by atoms with Gasteiger partial charge in [0.15, 0.2) is 0 Å². The number of carbonyl (C=O) groups is 2. The molecule has 1 fully saturated rings. The number of ether oxygens (including phenoxy) is 2. The molecule has 0 bridgehead atoms. The summed E-state index contributed by atoms with van der Waals surface area (Å²) in [5, 5.41) is 8.82. The molecule has 0 aromatic heterocycles. The molecule has 1 aromatic carbocycles. The second-order valence-corrected chi connectivity index (χ2v) is 7.24. The molecule has 2 N–H and O–H groups in total. The molecule has 1 aromatic rings. The maximum Gasteiger partial charge on any atom is 0.274 e. The van der Waals surface area contributed by atoms with Crippen molar-refractivity contribution in [2.24, 2.45) is 11.8 Å². The summed E-state index contributed by atoms with van der Waals surface area (Å²) in [4.78, 5) is 26.7. The van der Waals surface area contributed by atoms with Gasteiger partial charge in [-0.25, -0.2) is 5.48 Å². The van der Waals surface area contributed by atoms with Crippen LogP contribution in [0.2, 0.25) is 0 Å². The van der Waals surface area contributed by atoms with E-state index in [0.29, 0.717) is 37.7 Å². The van der Waals surface area contributed by atoms with E-state index < -0.39 is 5.91 Å². The predicted octanol–water partition coefficient (Wildman–Crippen LogP) is 1.98. The smallest absolute Gasteiger partial charge is 0.274 e. The molecule has 3 rings (SSSR count). The van der Waals surface area contributed by atoms with Crippen molar-refractivity contribution in [3.05, 3.63) is 29.3 Å². The topological polar surface area (TPSA) is 88.1 Å². The average Bonchev–Trinajstić information content (AvgIpc) is 2.86. The van der Waals surface area contributed by atoms with E-state index in [1.807, 2.05) is 4.90 Å². The first-order valence-corrected chi connectivity index (χ1v) is 9.09. The highest BCUT2D eigenvalue weighted by Gasteiger charge is 2.35. The summed E-state index contributed by atoms with van der Waals surface area (Å²) >= 11 is 0. The lowest BCUT2D eigenvalue weighted by Gasteiger charge is -2.35.